The van der Waals surface area contributed by atoms with Crippen molar-refractivity contribution in [2.24, 2.45) is 0 Å². The number of nitrogens with one attached hydrogen (secondary N) is 1. The molecule has 1 aromatic rings. The van der Waals surface area contributed by atoms with Gasteiger partial charge in [0.2, 0.25) is 10.0 Å². The van der Waals surface area contributed by atoms with Crippen molar-refractivity contribution >= 4 is 10.0 Å². The molecule has 0 aromatic carbocycles. The topological polar surface area (TPSA) is 54.3 Å². The summed E-state index contributed by atoms with van der Waals surface area (Å²) in [5.41, 5.74) is 0.989. The fourth-order valence-electron chi connectivity index (χ4n) is 2.44. The molecule has 0 spiro atoms. The third kappa shape index (κ3) is 4.08. The maximum atomic E-state index is 12.7. The van der Waals surface area contributed by atoms with Crippen LogP contribution >= 0.6 is 0 Å². The van der Waals surface area contributed by atoms with Gasteiger partial charge in [0.1, 0.15) is 4.90 Å². The lowest BCUT2D eigenvalue weighted by molar-refractivity contribution is 0.368. The molecule has 0 saturated heterocycles. The molecule has 0 aliphatic rings. The highest BCUT2D eigenvalue weighted by Gasteiger charge is 2.27. The highest BCUT2D eigenvalue weighted by molar-refractivity contribution is 7.89. The number of hydrogen-bond acceptors (Lipinski definition) is 3. The number of hydrogen-bond donors (Lipinski definition) is 1. The van der Waals surface area contributed by atoms with Crippen LogP contribution in [-0.4, -0.2) is 37.4 Å². The zero-order valence-corrected chi connectivity index (χ0v) is 14.9. The molecule has 122 valence electrons. The van der Waals surface area contributed by atoms with Gasteiger partial charge in [-0.2, -0.15) is 4.31 Å². The standard InChI is InChI=1S/C15H29N3O2S/c1-7-8-13(4)17(6)21(19,20)15-9-14(10-16-5)18(11-15)12(2)3/h9,11-13,16H,7-8,10H2,1-6H3. The van der Waals surface area contributed by atoms with Crippen LogP contribution in [0.1, 0.15) is 52.3 Å². The summed E-state index contributed by atoms with van der Waals surface area (Å²) >= 11 is 0. The maximum Gasteiger partial charge on any atom is 0.244 e. The van der Waals surface area contributed by atoms with Gasteiger partial charge in [-0.15, -0.1) is 0 Å². The molecular weight excluding hydrogens is 286 g/mol. The van der Waals surface area contributed by atoms with Crippen LogP contribution in [0.25, 0.3) is 0 Å². The second-order valence-electron chi connectivity index (χ2n) is 5.86. The SMILES string of the molecule is CCCC(C)N(C)S(=O)(=O)c1cc(CNC)n(C(C)C)c1. The highest BCUT2D eigenvalue weighted by atomic mass is 32.2. The smallest absolute Gasteiger partial charge is 0.244 e. The van der Waals surface area contributed by atoms with Crippen molar-refractivity contribution in [1.82, 2.24) is 14.2 Å². The van der Waals surface area contributed by atoms with Gasteiger partial charge in [0.25, 0.3) is 0 Å². The monoisotopic (exact) mass is 315 g/mol. The van der Waals surface area contributed by atoms with E-state index in [4.69, 9.17) is 0 Å². The van der Waals surface area contributed by atoms with Crippen molar-refractivity contribution in [3.8, 4) is 0 Å². The van der Waals surface area contributed by atoms with Gasteiger partial charge in [-0.05, 0) is 40.3 Å². The van der Waals surface area contributed by atoms with Gasteiger partial charge in [-0.3, -0.25) is 0 Å². The van der Waals surface area contributed by atoms with Gasteiger partial charge in [-0.25, -0.2) is 8.42 Å². The Morgan fingerprint density at radius 3 is 2.43 bits per heavy atom. The molecule has 21 heavy (non-hydrogen) atoms. The summed E-state index contributed by atoms with van der Waals surface area (Å²) < 4.78 is 29.0. The zero-order valence-electron chi connectivity index (χ0n) is 14.0. The van der Waals surface area contributed by atoms with E-state index in [2.05, 4.69) is 26.1 Å². The summed E-state index contributed by atoms with van der Waals surface area (Å²) in [5.74, 6) is 0. The molecule has 1 aromatic heterocycles. The van der Waals surface area contributed by atoms with E-state index < -0.39 is 10.0 Å². The molecule has 0 fully saturated rings. The van der Waals surface area contributed by atoms with E-state index in [-0.39, 0.29) is 12.1 Å². The molecule has 1 heterocycles. The second kappa shape index (κ2) is 7.42. The van der Waals surface area contributed by atoms with Crippen LogP contribution in [0.3, 0.4) is 0 Å². The van der Waals surface area contributed by atoms with E-state index in [0.29, 0.717) is 11.4 Å². The van der Waals surface area contributed by atoms with E-state index in [1.165, 1.54) is 4.31 Å². The molecule has 6 heteroatoms. The average Bonchev–Trinajstić information content (AvgIpc) is 2.83. The first kappa shape index (κ1) is 18.2. The summed E-state index contributed by atoms with van der Waals surface area (Å²) in [6.45, 7) is 8.78. The fourth-order valence-corrected chi connectivity index (χ4v) is 3.89. The lowest BCUT2D eigenvalue weighted by Crippen LogP contribution is -2.34. The molecule has 0 saturated carbocycles. The van der Waals surface area contributed by atoms with E-state index in [1.807, 2.05) is 18.5 Å². The molecule has 0 bridgehead atoms. The van der Waals surface area contributed by atoms with Crippen molar-refractivity contribution in [3.63, 3.8) is 0 Å². The Bertz CT molecular complexity index is 549. The van der Waals surface area contributed by atoms with Crippen molar-refractivity contribution in [2.45, 2.75) is 64.1 Å². The predicted octanol–water partition coefficient (Wildman–Crippen LogP) is 2.60. The minimum atomic E-state index is -3.43. The van der Waals surface area contributed by atoms with E-state index in [1.54, 1.807) is 19.3 Å². The van der Waals surface area contributed by atoms with Crippen LogP contribution in [-0.2, 0) is 16.6 Å². The Hall–Kier alpha value is -0.850. The quantitative estimate of drug-likeness (QED) is 0.802. The van der Waals surface area contributed by atoms with Gasteiger partial charge in [-0.1, -0.05) is 13.3 Å². The van der Waals surface area contributed by atoms with Crippen molar-refractivity contribution in [2.75, 3.05) is 14.1 Å². The summed E-state index contributed by atoms with van der Waals surface area (Å²) in [5, 5.41) is 3.09. The molecule has 1 unspecified atom stereocenters. The first-order valence-corrected chi connectivity index (χ1v) is 9.03. The number of aromatic nitrogens is 1. The molecule has 5 nitrogen and oxygen atoms in total. The van der Waals surface area contributed by atoms with Crippen LogP contribution in [0, 0.1) is 0 Å². The Morgan fingerprint density at radius 1 is 1.33 bits per heavy atom. The summed E-state index contributed by atoms with van der Waals surface area (Å²) in [7, 11) is 0.1000. The largest absolute Gasteiger partial charge is 0.346 e. The van der Waals surface area contributed by atoms with Gasteiger partial charge in [0.05, 0.1) is 0 Å². The first-order valence-electron chi connectivity index (χ1n) is 7.59. The third-order valence-corrected chi connectivity index (χ3v) is 5.76. The Balaban J connectivity index is 3.16. The predicted molar refractivity (Wildman–Crippen MR) is 86.9 cm³/mol. The van der Waals surface area contributed by atoms with Gasteiger partial charge >= 0.3 is 0 Å². The molecule has 0 radical (unpaired) electrons. The lowest BCUT2D eigenvalue weighted by atomic mass is 10.2. The van der Waals surface area contributed by atoms with E-state index in [9.17, 15) is 8.42 Å². The Labute approximate surface area is 129 Å². The van der Waals surface area contributed by atoms with Crippen LogP contribution in [0.4, 0.5) is 0 Å². The highest BCUT2D eigenvalue weighted by Crippen LogP contribution is 2.23. The van der Waals surface area contributed by atoms with E-state index >= 15 is 0 Å². The molecule has 1 N–H and O–H groups in total. The molecule has 1 rings (SSSR count). The average molecular weight is 315 g/mol. The summed E-state index contributed by atoms with van der Waals surface area (Å²) in [6.07, 6.45) is 3.59. The maximum absolute atomic E-state index is 12.7. The third-order valence-electron chi connectivity index (χ3n) is 3.83. The number of sulfonamides is 1. The normalized spacial score (nSPS) is 14.1. The van der Waals surface area contributed by atoms with Crippen LogP contribution in [0.2, 0.25) is 0 Å². The van der Waals surface area contributed by atoms with Crippen LogP contribution in [0.15, 0.2) is 17.2 Å². The minimum absolute atomic E-state index is 0.00940. The van der Waals surface area contributed by atoms with Gasteiger partial charge in [0, 0.05) is 37.6 Å². The van der Waals surface area contributed by atoms with Crippen molar-refractivity contribution < 1.29 is 8.42 Å². The van der Waals surface area contributed by atoms with Crippen molar-refractivity contribution in [3.05, 3.63) is 18.0 Å². The van der Waals surface area contributed by atoms with Crippen LogP contribution < -0.4 is 5.32 Å². The van der Waals surface area contributed by atoms with Gasteiger partial charge in [0.15, 0.2) is 0 Å². The molecule has 1 atom stereocenters. The van der Waals surface area contributed by atoms with Crippen molar-refractivity contribution in [1.29, 1.82) is 0 Å². The van der Waals surface area contributed by atoms with Gasteiger partial charge < -0.3 is 9.88 Å². The molecule has 0 aliphatic carbocycles. The van der Waals surface area contributed by atoms with Crippen LogP contribution in [0.5, 0.6) is 0 Å². The summed E-state index contributed by atoms with van der Waals surface area (Å²) in [4.78, 5) is 0.381. The molecular formula is C15H29N3O2S. The Kier molecular flexibility index (Phi) is 6.43. The second-order valence-corrected chi connectivity index (χ2v) is 7.85. The first-order chi connectivity index (χ1) is 9.75. The Morgan fingerprint density at radius 2 is 1.95 bits per heavy atom. The zero-order chi connectivity index (χ0) is 16.2. The molecule has 0 amide bonds. The minimum Gasteiger partial charge on any atom is -0.346 e. The fraction of sp³-hybridized carbons (Fsp3) is 0.733. The lowest BCUT2D eigenvalue weighted by Gasteiger charge is -2.23. The molecule has 0 aliphatic heterocycles. The number of nitrogens with zero attached hydrogens (tertiary/aromatic N) is 2. The number of rotatable bonds is 8. The summed E-state index contributed by atoms with van der Waals surface area (Å²) in [6, 6.07) is 2.02. The van der Waals surface area contributed by atoms with E-state index in [0.717, 1.165) is 18.5 Å².